The second kappa shape index (κ2) is 4.85. The van der Waals surface area contributed by atoms with Gasteiger partial charge in [0.05, 0.1) is 12.6 Å². The minimum absolute atomic E-state index is 0.424. The van der Waals surface area contributed by atoms with E-state index in [0.717, 1.165) is 5.56 Å². The van der Waals surface area contributed by atoms with Crippen molar-refractivity contribution in [2.75, 3.05) is 0 Å². The third kappa shape index (κ3) is 2.64. The molecule has 0 aliphatic carbocycles. The van der Waals surface area contributed by atoms with Crippen molar-refractivity contribution in [1.82, 2.24) is 20.2 Å². The molecule has 0 spiro atoms. The van der Waals surface area contributed by atoms with Gasteiger partial charge in [-0.2, -0.15) is 0 Å². The van der Waals surface area contributed by atoms with Gasteiger partial charge in [0.1, 0.15) is 5.82 Å². The number of aliphatic hydroxyl groups excluding tert-OH is 1. The highest BCUT2D eigenvalue weighted by Gasteiger charge is 2.09. The lowest BCUT2D eigenvalue weighted by Gasteiger charge is -2.10. The van der Waals surface area contributed by atoms with Gasteiger partial charge in [0.15, 0.2) is 0 Å². The minimum Gasteiger partial charge on any atom is -0.391 e. The summed E-state index contributed by atoms with van der Waals surface area (Å²) in [5.74, 6) is 0.715. The second-order valence-electron chi connectivity index (χ2n) is 3.75. The van der Waals surface area contributed by atoms with Crippen LogP contribution in [0.4, 0.5) is 0 Å². The van der Waals surface area contributed by atoms with E-state index in [2.05, 4.69) is 15.5 Å². The molecule has 1 N–H and O–H groups in total. The van der Waals surface area contributed by atoms with Gasteiger partial charge in [-0.05, 0) is 22.9 Å². The number of hydrogen-bond donors (Lipinski definition) is 1. The molecule has 0 radical (unpaired) electrons. The number of tetrazole rings is 1. The minimum atomic E-state index is -0.468. The van der Waals surface area contributed by atoms with Crippen LogP contribution >= 0.6 is 0 Å². The quantitative estimate of drug-likeness (QED) is 0.815. The highest BCUT2D eigenvalue weighted by molar-refractivity contribution is 5.15. The average Bonchev–Trinajstić information content (AvgIpc) is 2.66. The van der Waals surface area contributed by atoms with Gasteiger partial charge in [0.2, 0.25) is 0 Å². The van der Waals surface area contributed by atoms with Crippen LogP contribution in [0.2, 0.25) is 0 Å². The van der Waals surface area contributed by atoms with Crippen molar-refractivity contribution < 1.29 is 5.11 Å². The Labute approximate surface area is 93.7 Å². The topological polar surface area (TPSA) is 63.8 Å². The first-order valence-corrected chi connectivity index (χ1v) is 5.20. The summed E-state index contributed by atoms with van der Waals surface area (Å²) in [6.45, 7) is 2.24. The summed E-state index contributed by atoms with van der Waals surface area (Å²) in [6.07, 6.45) is 0.143. The number of benzene rings is 1. The number of aromatic nitrogens is 4. The lowest BCUT2D eigenvalue weighted by atomic mass is 10.1. The maximum Gasteiger partial charge on any atom is 0.148 e. The van der Waals surface area contributed by atoms with Crippen LogP contribution < -0.4 is 0 Å². The molecule has 0 amide bonds. The normalized spacial score (nSPS) is 12.6. The Hall–Kier alpha value is -1.75. The molecule has 0 bridgehead atoms. The van der Waals surface area contributed by atoms with Crippen LogP contribution in [0, 0.1) is 6.92 Å². The molecule has 5 nitrogen and oxygen atoms in total. The summed E-state index contributed by atoms with van der Waals surface area (Å²) < 4.78 is 1.60. The van der Waals surface area contributed by atoms with E-state index in [0.29, 0.717) is 18.8 Å². The molecular weight excluding hydrogens is 204 g/mol. The molecule has 5 heteroatoms. The van der Waals surface area contributed by atoms with Crippen LogP contribution in [0.15, 0.2) is 30.3 Å². The predicted molar refractivity (Wildman–Crippen MR) is 58.7 cm³/mol. The highest BCUT2D eigenvalue weighted by atomic mass is 16.3. The molecule has 2 rings (SSSR count). The molecule has 0 unspecified atom stereocenters. The van der Waals surface area contributed by atoms with Crippen molar-refractivity contribution in [2.45, 2.75) is 26.0 Å². The maximum atomic E-state index is 9.88. The van der Waals surface area contributed by atoms with Crippen LogP contribution in [0.25, 0.3) is 0 Å². The van der Waals surface area contributed by atoms with Crippen LogP contribution in [0.3, 0.4) is 0 Å². The van der Waals surface area contributed by atoms with Gasteiger partial charge in [-0.25, -0.2) is 4.68 Å². The van der Waals surface area contributed by atoms with Crippen molar-refractivity contribution in [1.29, 1.82) is 0 Å². The van der Waals surface area contributed by atoms with Gasteiger partial charge in [-0.15, -0.1) is 5.10 Å². The van der Waals surface area contributed by atoms with Gasteiger partial charge >= 0.3 is 0 Å². The lowest BCUT2D eigenvalue weighted by molar-refractivity contribution is 0.147. The van der Waals surface area contributed by atoms with Crippen LogP contribution in [-0.4, -0.2) is 31.4 Å². The fraction of sp³-hybridized carbons (Fsp3) is 0.364. The van der Waals surface area contributed by atoms with E-state index in [1.807, 2.05) is 37.3 Å². The molecule has 0 fully saturated rings. The largest absolute Gasteiger partial charge is 0.391 e. The number of hydrogen-bond acceptors (Lipinski definition) is 4. The van der Waals surface area contributed by atoms with E-state index in [1.54, 1.807) is 4.68 Å². The molecule has 1 atom stereocenters. The van der Waals surface area contributed by atoms with E-state index in [1.165, 1.54) is 0 Å². The van der Waals surface area contributed by atoms with Gasteiger partial charge in [-0.1, -0.05) is 30.3 Å². The zero-order valence-electron chi connectivity index (χ0n) is 9.11. The Morgan fingerprint density at radius 2 is 2.06 bits per heavy atom. The Balaban J connectivity index is 1.95. The molecular formula is C11H14N4O. The lowest BCUT2D eigenvalue weighted by Crippen LogP contribution is -2.20. The zero-order valence-corrected chi connectivity index (χ0v) is 9.11. The SMILES string of the molecule is Cc1nnnn1C[C@@H](O)Cc1ccccc1. The van der Waals surface area contributed by atoms with Crippen LogP contribution in [-0.2, 0) is 13.0 Å². The average molecular weight is 218 g/mol. The second-order valence-corrected chi connectivity index (χ2v) is 3.75. The Morgan fingerprint density at radius 3 is 2.69 bits per heavy atom. The molecule has 2 aromatic rings. The van der Waals surface area contributed by atoms with Crippen molar-refractivity contribution in [3.63, 3.8) is 0 Å². The molecule has 1 aromatic carbocycles. The van der Waals surface area contributed by atoms with Crippen molar-refractivity contribution >= 4 is 0 Å². The maximum absolute atomic E-state index is 9.88. The molecule has 0 aliphatic rings. The molecule has 1 aromatic heterocycles. The first-order chi connectivity index (χ1) is 7.75. The van der Waals surface area contributed by atoms with E-state index < -0.39 is 6.10 Å². The third-order valence-corrected chi connectivity index (χ3v) is 2.41. The van der Waals surface area contributed by atoms with Crippen LogP contribution in [0.1, 0.15) is 11.4 Å². The zero-order chi connectivity index (χ0) is 11.4. The summed E-state index contributed by atoms with van der Waals surface area (Å²) in [5.41, 5.74) is 1.11. The van der Waals surface area contributed by atoms with Gasteiger partial charge in [-0.3, -0.25) is 0 Å². The number of aliphatic hydroxyl groups is 1. The van der Waals surface area contributed by atoms with Gasteiger partial charge < -0.3 is 5.11 Å². The summed E-state index contributed by atoms with van der Waals surface area (Å²) >= 11 is 0. The molecule has 0 aliphatic heterocycles. The van der Waals surface area contributed by atoms with Gasteiger partial charge in [0, 0.05) is 6.42 Å². The van der Waals surface area contributed by atoms with E-state index in [9.17, 15) is 5.11 Å². The van der Waals surface area contributed by atoms with Crippen molar-refractivity contribution in [2.24, 2.45) is 0 Å². The Kier molecular flexibility index (Phi) is 3.26. The standard InChI is InChI=1S/C11H14N4O/c1-9-12-13-14-15(9)8-11(16)7-10-5-3-2-4-6-10/h2-6,11,16H,7-8H2,1H3/t11-/m0/s1. The number of rotatable bonds is 4. The van der Waals surface area contributed by atoms with Crippen molar-refractivity contribution in [3.8, 4) is 0 Å². The Bertz CT molecular complexity index is 440. The molecule has 0 saturated carbocycles. The van der Waals surface area contributed by atoms with E-state index in [4.69, 9.17) is 0 Å². The molecule has 16 heavy (non-hydrogen) atoms. The summed E-state index contributed by atoms with van der Waals surface area (Å²) in [7, 11) is 0. The third-order valence-electron chi connectivity index (χ3n) is 2.41. The summed E-state index contributed by atoms with van der Waals surface area (Å²) in [6, 6.07) is 9.88. The van der Waals surface area contributed by atoms with Crippen molar-refractivity contribution in [3.05, 3.63) is 41.7 Å². The first-order valence-electron chi connectivity index (χ1n) is 5.20. The predicted octanol–water partition coefficient (Wildman–Crippen LogP) is 0.585. The fourth-order valence-corrected chi connectivity index (χ4v) is 1.57. The summed E-state index contributed by atoms with van der Waals surface area (Å²) in [5, 5.41) is 21.0. The smallest absolute Gasteiger partial charge is 0.148 e. The molecule has 0 saturated heterocycles. The van der Waals surface area contributed by atoms with Gasteiger partial charge in [0.25, 0.3) is 0 Å². The highest BCUT2D eigenvalue weighted by Crippen LogP contribution is 2.04. The fourth-order valence-electron chi connectivity index (χ4n) is 1.57. The number of nitrogens with zero attached hydrogens (tertiary/aromatic N) is 4. The molecule has 1 heterocycles. The monoisotopic (exact) mass is 218 g/mol. The van der Waals surface area contributed by atoms with Crippen LogP contribution in [0.5, 0.6) is 0 Å². The first kappa shape index (κ1) is 10.8. The molecule has 84 valence electrons. The number of aryl methyl sites for hydroxylation is 1. The van der Waals surface area contributed by atoms with E-state index in [-0.39, 0.29) is 0 Å². The Morgan fingerprint density at radius 1 is 1.31 bits per heavy atom. The van der Waals surface area contributed by atoms with E-state index >= 15 is 0 Å². The summed E-state index contributed by atoms with van der Waals surface area (Å²) in [4.78, 5) is 0.